The van der Waals surface area contributed by atoms with E-state index >= 15 is 0 Å². The van der Waals surface area contributed by atoms with Gasteiger partial charge in [-0.15, -0.1) is 0 Å². The van der Waals surface area contributed by atoms with E-state index in [1.165, 1.54) is 38.5 Å². The number of carbonyl (C=O) groups is 7. The quantitative estimate of drug-likeness (QED) is 0.0242. The van der Waals surface area contributed by atoms with Crippen molar-refractivity contribution in [3.63, 3.8) is 0 Å². The zero-order valence-electron chi connectivity index (χ0n) is 64.4. The second kappa shape index (κ2) is 69.6. The van der Waals surface area contributed by atoms with Crippen LogP contribution in [0.5, 0.6) is 0 Å². The third-order valence-corrected chi connectivity index (χ3v) is 18.1. The zero-order valence-corrected chi connectivity index (χ0v) is 64.4. The summed E-state index contributed by atoms with van der Waals surface area (Å²) < 4.78 is 41.4. The Labute approximate surface area is 599 Å². The van der Waals surface area contributed by atoms with E-state index in [0.29, 0.717) is 51.5 Å². The normalized spacial score (nSPS) is 13.2. The minimum absolute atomic E-state index is 0.0700. The van der Waals surface area contributed by atoms with Crippen LogP contribution < -0.4 is 0 Å². The SMILES string of the molecule is CCCCCCC(C/C=C\CCCCCCCC(=O)OCC(COC(=O)CCCCCCC/C=C\CC(CCCCCC)OC(=O)CCCCC)(COC(=O)CCCCCCC/C=C\C[C@@H](CCCCCC)OC(=O)CCCCC)COC(=O)CCCN(C)C)OC(=O)CCCCC. The van der Waals surface area contributed by atoms with Crippen LogP contribution in [0.3, 0.4) is 0 Å². The topological polar surface area (TPSA) is 187 Å². The molecule has 0 radical (unpaired) electrons. The molecule has 98 heavy (non-hydrogen) atoms. The zero-order chi connectivity index (χ0) is 72.1. The predicted octanol–water partition coefficient (Wildman–Crippen LogP) is 21.9. The molecule has 0 saturated carbocycles. The molecule has 0 amide bonds. The van der Waals surface area contributed by atoms with Crippen LogP contribution in [0.2, 0.25) is 0 Å². The molecule has 570 valence electrons. The van der Waals surface area contributed by atoms with Gasteiger partial charge in [-0.05, 0) is 143 Å². The van der Waals surface area contributed by atoms with Gasteiger partial charge in [0.05, 0.1) is 0 Å². The van der Waals surface area contributed by atoms with E-state index in [-0.39, 0.29) is 88.3 Å². The van der Waals surface area contributed by atoms with Crippen molar-refractivity contribution in [3.8, 4) is 0 Å². The van der Waals surface area contributed by atoms with Crippen LogP contribution in [0, 0.1) is 5.41 Å². The maximum absolute atomic E-state index is 13.5. The Kier molecular flexibility index (Phi) is 66.3. The number of ether oxygens (including phenoxy) is 7. The first kappa shape index (κ1) is 93.5. The fourth-order valence-electron chi connectivity index (χ4n) is 11.7. The molecule has 0 aliphatic rings. The molecule has 0 N–H and O–H groups in total. The van der Waals surface area contributed by atoms with Gasteiger partial charge in [-0.2, -0.15) is 0 Å². The van der Waals surface area contributed by atoms with Gasteiger partial charge in [0.25, 0.3) is 0 Å². The van der Waals surface area contributed by atoms with Crippen molar-refractivity contribution in [2.45, 2.75) is 400 Å². The average molecular weight is 1390 g/mol. The molecule has 3 atom stereocenters. The van der Waals surface area contributed by atoms with E-state index in [9.17, 15) is 33.6 Å². The van der Waals surface area contributed by atoms with Crippen molar-refractivity contribution >= 4 is 41.8 Å². The summed E-state index contributed by atoms with van der Waals surface area (Å²) in [6, 6.07) is 0. The molecule has 0 fully saturated rings. The summed E-state index contributed by atoms with van der Waals surface area (Å²) in [6.45, 7) is 12.6. The highest BCUT2D eigenvalue weighted by Crippen LogP contribution is 2.25. The van der Waals surface area contributed by atoms with Crippen molar-refractivity contribution in [1.29, 1.82) is 0 Å². The van der Waals surface area contributed by atoms with E-state index in [1.54, 1.807) is 0 Å². The number of esters is 7. The Morgan fingerprint density at radius 3 is 0.776 bits per heavy atom. The first-order chi connectivity index (χ1) is 47.7. The second-order valence-corrected chi connectivity index (χ2v) is 28.3. The Bertz CT molecular complexity index is 1820. The third kappa shape index (κ3) is 62.5. The lowest BCUT2D eigenvalue weighted by atomic mass is 9.92. The average Bonchev–Trinajstić information content (AvgIpc) is 0.873. The molecule has 0 aromatic heterocycles. The van der Waals surface area contributed by atoms with E-state index < -0.39 is 29.3 Å². The summed E-state index contributed by atoms with van der Waals surface area (Å²) in [6.07, 6.45) is 59.6. The Hall–Kier alpha value is -4.53. The van der Waals surface area contributed by atoms with Gasteiger partial charge in [-0.3, -0.25) is 33.6 Å². The van der Waals surface area contributed by atoms with Crippen molar-refractivity contribution in [3.05, 3.63) is 36.5 Å². The number of hydrogen-bond acceptors (Lipinski definition) is 15. The van der Waals surface area contributed by atoms with E-state index in [1.807, 2.05) is 19.0 Å². The van der Waals surface area contributed by atoms with Crippen LogP contribution >= 0.6 is 0 Å². The molecule has 0 rings (SSSR count). The Morgan fingerprint density at radius 2 is 0.500 bits per heavy atom. The lowest BCUT2D eigenvalue weighted by Gasteiger charge is -2.31. The first-order valence-electron chi connectivity index (χ1n) is 40.5. The number of nitrogens with zero attached hydrogens (tertiary/aromatic N) is 1. The maximum atomic E-state index is 13.5. The minimum Gasteiger partial charge on any atom is -0.465 e. The van der Waals surface area contributed by atoms with Gasteiger partial charge in [-0.25, -0.2) is 0 Å². The molecule has 0 spiro atoms. The molecule has 0 saturated heterocycles. The predicted molar refractivity (Wildman–Crippen MR) is 401 cm³/mol. The van der Waals surface area contributed by atoms with Gasteiger partial charge in [0.2, 0.25) is 0 Å². The molecular formula is C83H149NO14. The van der Waals surface area contributed by atoms with E-state index in [4.69, 9.17) is 33.2 Å². The van der Waals surface area contributed by atoms with Gasteiger partial charge in [0.1, 0.15) is 50.2 Å². The molecule has 2 unspecified atom stereocenters. The van der Waals surface area contributed by atoms with Crippen LogP contribution in [-0.2, 0) is 66.7 Å². The monoisotopic (exact) mass is 1380 g/mol. The number of rotatable bonds is 72. The van der Waals surface area contributed by atoms with E-state index in [0.717, 1.165) is 231 Å². The lowest BCUT2D eigenvalue weighted by molar-refractivity contribution is -0.171. The van der Waals surface area contributed by atoms with Crippen molar-refractivity contribution in [1.82, 2.24) is 4.90 Å². The summed E-state index contributed by atoms with van der Waals surface area (Å²) in [5.74, 6) is -1.96. The summed E-state index contributed by atoms with van der Waals surface area (Å²) in [5, 5.41) is 0. The third-order valence-electron chi connectivity index (χ3n) is 18.1. The summed E-state index contributed by atoms with van der Waals surface area (Å²) in [4.78, 5) is 93.2. The summed E-state index contributed by atoms with van der Waals surface area (Å²) in [7, 11) is 3.87. The Balaban J connectivity index is 5.78. The fourth-order valence-corrected chi connectivity index (χ4v) is 11.7. The van der Waals surface area contributed by atoms with Gasteiger partial charge < -0.3 is 38.1 Å². The number of hydrogen-bond donors (Lipinski definition) is 0. The van der Waals surface area contributed by atoms with E-state index in [2.05, 4.69) is 78.0 Å². The second-order valence-electron chi connectivity index (χ2n) is 28.3. The summed E-state index contributed by atoms with van der Waals surface area (Å²) in [5.41, 5.74) is -1.32. The van der Waals surface area contributed by atoms with Crippen LogP contribution in [0.15, 0.2) is 36.5 Å². The number of allylic oxidation sites excluding steroid dienone is 3. The molecule has 0 aromatic rings. The van der Waals surface area contributed by atoms with Crippen molar-refractivity contribution in [2.24, 2.45) is 5.41 Å². The molecular weight excluding hydrogens is 1230 g/mol. The number of unbranched alkanes of at least 4 members (excludes halogenated alkanes) is 30. The molecule has 0 aliphatic heterocycles. The lowest BCUT2D eigenvalue weighted by Crippen LogP contribution is -2.44. The molecule has 0 bridgehead atoms. The molecule has 15 heteroatoms. The van der Waals surface area contributed by atoms with Crippen LogP contribution in [0.1, 0.15) is 382 Å². The van der Waals surface area contributed by atoms with Crippen LogP contribution in [0.4, 0.5) is 0 Å². The van der Waals surface area contributed by atoms with Gasteiger partial charge >= 0.3 is 41.8 Å². The molecule has 15 nitrogen and oxygen atoms in total. The van der Waals surface area contributed by atoms with Crippen molar-refractivity contribution in [2.75, 3.05) is 47.1 Å². The van der Waals surface area contributed by atoms with Crippen molar-refractivity contribution < 1.29 is 66.7 Å². The standard InChI is InChI=1S/C83H149NO14/c1-9-15-21-45-55-73(96-80(89)64-42-18-12-4)58-48-36-30-24-27-33-39-51-61-76(85)92-69-83(72-95-79(88)67-54-68-84(7)8,70-93-77(86)62-52-40-34-28-25-31-37-49-59-74(56-46-22-16-10-2)97-81(90)65-43-19-13-5)71-94-78(87)63-53-41-35-29-26-32-38-50-60-75(57-47-23-17-11-3)98-82(91)66-44-20-14-6/h36-38,48-50,73-75H,9-35,39-47,51-72H2,1-8H3/b48-36-,49-37-,50-38-/t73-,74?,75?,83?/m1/s1. The highest BCUT2D eigenvalue weighted by atomic mass is 16.6. The van der Waals surface area contributed by atoms with Gasteiger partial charge in [0.15, 0.2) is 0 Å². The largest absolute Gasteiger partial charge is 0.465 e. The highest BCUT2D eigenvalue weighted by Gasteiger charge is 2.38. The van der Waals surface area contributed by atoms with Crippen LogP contribution in [-0.4, -0.2) is 112 Å². The first-order valence-corrected chi connectivity index (χ1v) is 40.5. The molecule has 0 heterocycles. The maximum Gasteiger partial charge on any atom is 0.306 e. The number of carbonyl (C=O) groups excluding carboxylic acids is 7. The summed E-state index contributed by atoms with van der Waals surface area (Å²) >= 11 is 0. The highest BCUT2D eigenvalue weighted by molar-refractivity contribution is 5.72. The van der Waals surface area contributed by atoms with Gasteiger partial charge in [0, 0.05) is 64.2 Å². The Morgan fingerprint density at radius 1 is 0.276 bits per heavy atom. The molecule has 0 aromatic carbocycles. The van der Waals surface area contributed by atoms with Gasteiger partial charge in [-0.1, -0.05) is 232 Å². The van der Waals surface area contributed by atoms with Crippen LogP contribution in [0.25, 0.3) is 0 Å². The fraction of sp³-hybridized carbons (Fsp3) is 0.843. The minimum atomic E-state index is -1.32. The smallest absolute Gasteiger partial charge is 0.306 e. The molecule has 0 aliphatic carbocycles.